The molecule has 1 amide bonds. The smallest absolute Gasteiger partial charge is 0.257 e. The Labute approximate surface area is 142 Å². The Morgan fingerprint density at radius 3 is 2.42 bits per heavy atom. The zero-order valence-corrected chi connectivity index (χ0v) is 14.9. The zero-order valence-electron chi connectivity index (χ0n) is 14.1. The number of hydrogen-bond donors (Lipinski definition) is 2. The molecule has 0 aliphatic heterocycles. The first-order valence-corrected chi connectivity index (χ1v) is 8.93. The largest absolute Gasteiger partial charge is 0.322 e. The molecule has 2 N–H and O–H groups in total. The monoisotopic (exact) mass is 347 g/mol. The van der Waals surface area contributed by atoms with Crippen LogP contribution >= 0.6 is 0 Å². The Balaban J connectivity index is 2.33. The molecule has 128 valence electrons. The van der Waals surface area contributed by atoms with Gasteiger partial charge in [0.25, 0.3) is 5.91 Å². The Hall–Kier alpha value is -2.25. The van der Waals surface area contributed by atoms with Crippen molar-refractivity contribution >= 4 is 21.6 Å². The standard InChI is InChI=1S/C17H21N3O3S/c1-12-14(19-16(21)13-7-6-10-18-11-13)8-5-9-15(12)24(22,23)20-17(2,3)4/h5-11,20H,1-4H3,(H,19,21). The SMILES string of the molecule is Cc1c(NC(=O)c2cccnc2)cccc1S(=O)(=O)NC(C)(C)C. The summed E-state index contributed by atoms with van der Waals surface area (Å²) in [5, 5.41) is 2.73. The average Bonchev–Trinajstić information content (AvgIpc) is 2.47. The van der Waals surface area contributed by atoms with Crippen molar-refractivity contribution in [2.24, 2.45) is 0 Å². The van der Waals surface area contributed by atoms with E-state index in [9.17, 15) is 13.2 Å². The van der Waals surface area contributed by atoms with Crippen LogP contribution < -0.4 is 10.0 Å². The van der Waals surface area contributed by atoms with E-state index in [1.165, 1.54) is 12.3 Å². The van der Waals surface area contributed by atoms with Gasteiger partial charge in [-0.1, -0.05) is 6.07 Å². The van der Waals surface area contributed by atoms with Crippen LogP contribution in [0.3, 0.4) is 0 Å². The maximum absolute atomic E-state index is 12.5. The van der Waals surface area contributed by atoms with Gasteiger partial charge in [-0.3, -0.25) is 9.78 Å². The normalized spacial score (nSPS) is 12.0. The number of sulfonamides is 1. The number of amides is 1. The minimum atomic E-state index is -3.69. The molecule has 0 radical (unpaired) electrons. The molecule has 0 aliphatic carbocycles. The Kier molecular flexibility index (Phi) is 5.05. The van der Waals surface area contributed by atoms with Gasteiger partial charge in [0, 0.05) is 23.6 Å². The number of nitrogens with zero attached hydrogens (tertiary/aromatic N) is 1. The molecular weight excluding hydrogens is 326 g/mol. The molecule has 0 saturated carbocycles. The lowest BCUT2D eigenvalue weighted by Crippen LogP contribution is -2.40. The molecule has 1 aromatic carbocycles. The first-order valence-electron chi connectivity index (χ1n) is 7.45. The minimum absolute atomic E-state index is 0.140. The highest BCUT2D eigenvalue weighted by molar-refractivity contribution is 7.89. The van der Waals surface area contributed by atoms with Crippen LogP contribution in [0.2, 0.25) is 0 Å². The van der Waals surface area contributed by atoms with Crippen LogP contribution in [-0.4, -0.2) is 24.8 Å². The molecular formula is C17H21N3O3S. The van der Waals surface area contributed by atoms with E-state index in [1.807, 2.05) is 0 Å². The van der Waals surface area contributed by atoms with E-state index >= 15 is 0 Å². The lowest BCUT2D eigenvalue weighted by Gasteiger charge is -2.22. The lowest BCUT2D eigenvalue weighted by atomic mass is 10.1. The van der Waals surface area contributed by atoms with Crippen molar-refractivity contribution in [3.63, 3.8) is 0 Å². The van der Waals surface area contributed by atoms with E-state index in [0.717, 1.165) is 0 Å². The number of benzene rings is 1. The third-order valence-electron chi connectivity index (χ3n) is 3.19. The summed E-state index contributed by atoms with van der Waals surface area (Å²) < 4.78 is 27.7. The molecule has 6 nitrogen and oxygen atoms in total. The third kappa shape index (κ3) is 4.39. The first-order chi connectivity index (χ1) is 11.1. The molecule has 0 aliphatic rings. The Morgan fingerprint density at radius 2 is 1.83 bits per heavy atom. The van der Waals surface area contributed by atoms with Gasteiger partial charge in [0.2, 0.25) is 10.0 Å². The number of aromatic nitrogens is 1. The van der Waals surface area contributed by atoms with Crippen LogP contribution in [0.15, 0.2) is 47.6 Å². The summed E-state index contributed by atoms with van der Waals surface area (Å²) in [5.41, 5.74) is 0.727. The molecule has 7 heteroatoms. The van der Waals surface area contributed by atoms with E-state index in [-0.39, 0.29) is 10.8 Å². The van der Waals surface area contributed by atoms with Gasteiger partial charge < -0.3 is 5.32 Å². The second-order valence-electron chi connectivity index (χ2n) is 6.48. The van der Waals surface area contributed by atoms with Crippen LogP contribution in [0.25, 0.3) is 0 Å². The second-order valence-corrected chi connectivity index (χ2v) is 8.13. The molecule has 0 bridgehead atoms. The van der Waals surface area contributed by atoms with Gasteiger partial charge in [-0.2, -0.15) is 0 Å². The second kappa shape index (κ2) is 6.70. The third-order valence-corrected chi connectivity index (χ3v) is 5.09. The van der Waals surface area contributed by atoms with Crippen molar-refractivity contribution in [2.75, 3.05) is 5.32 Å². The van der Waals surface area contributed by atoms with E-state index in [4.69, 9.17) is 0 Å². The quantitative estimate of drug-likeness (QED) is 0.890. The summed E-state index contributed by atoms with van der Waals surface area (Å²) in [4.78, 5) is 16.3. The van der Waals surface area contributed by atoms with E-state index in [2.05, 4.69) is 15.0 Å². The van der Waals surface area contributed by atoms with Gasteiger partial charge in [-0.05, 0) is 57.5 Å². The fraction of sp³-hybridized carbons (Fsp3) is 0.294. The number of carbonyl (C=O) groups is 1. The Bertz CT molecular complexity index is 841. The first kappa shape index (κ1) is 18.1. The zero-order chi connectivity index (χ0) is 18.0. The Morgan fingerprint density at radius 1 is 1.12 bits per heavy atom. The van der Waals surface area contributed by atoms with Crippen molar-refractivity contribution in [1.29, 1.82) is 0 Å². The molecule has 2 rings (SSSR count). The van der Waals surface area contributed by atoms with Crippen molar-refractivity contribution < 1.29 is 13.2 Å². The van der Waals surface area contributed by atoms with Crippen LogP contribution in [0.1, 0.15) is 36.7 Å². The van der Waals surface area contributed by atoms with Gasteiger partial charge in [0.1, 0.15) is 0 Å². The molecule has 1 heterocycles. The molecule has 0 unspecified atom stereocenters. The summed E-state index contributed by atoms with van der Waals surface area (Å²) in [7, 11) is -3.69. The molecule has 0 fully saturated rings. The van der Waals surface area contributed by atoms with Crippen LogP contribution in [0.5, 0.6) is 0 Å². The van der Waals surface area contributed by atoms with E-state index in [0.29, 0.717) is 16.8 Å². The highest BCUT2D eigenvalue weighted by Gasteiger charge is 2.24. The molecule has 0 spiro atoms. The number of nitrogens with one attached hydrogen (secondary N) is 2. The van der Waals surface area contributed by atoms with Gasteiger partial charge >= 0.3 is 0 Å². The van der Waals surface area contributed by atoms with E-state index < -0.39 is 15.6 Å². The predicted octanol–water partition coefficient (Wildman–Crippen LogP) is 2.72. The van der Waals surface area contributed by atoms with Crippen molar-refractivity contribution in [1.82, 2.24) is 9.71 Å². The minimum Gasteiger partial charge on any atom is -0.322 e. The fourth-order valence-electron chi connectivity index (χ4n) is 2.19. The molecule has 0 atom stereocenters. The molecule has 1 aromatic heterocycles. The van der Waals surface area contributed by atoms with E-state index in [1.54, 1.807) is 58.2 Å². The number of anilines is 1. The van der Waals surface area contributed by atoms with Gasteiger partial charge in [-0.25, -0.2) is 13.1 Å². The van der Waals surface area contributed by atoms with Gasteiger partial charge in [-0.15, -0.1) is 0 Å². The number of hydrogen-bond acceptors (Lipinski definition) is 4. The molecule has 24 heavy (non-hydrogen) atoms. The highest BCUT2D eigenvalue weighted by atomic mass is 32.2. The summed E-state index contributed by atoms with van der Waals surface area (Å²) >= 11 is 0. The van der Waals surface area contributed by atoms with Crippen LogP contribution in [-0.2, 0) is 10.0 Å². The fourth-order valence-corrected chi connectivity index (χ4v) is 3.88. The molecule has 0 saturated heterocycles. The van der Waals surface area contributed by atoms with Crippen LogP contribution in [0, 0.1) is 6.92 Å². The maximum atomic E-state index is 12.5. The predicted molar refractivity (Wildman–Crippen MR) is 93.4 cm³/mol. The van der Waals surface area contributed by atoms with Gasteiger partial charge in [0.15, 0.2) is 0 Å². The lowest BCUT2D eigenvalue weighted by molar-refractivity contribution is 0.102. The van der Waals surface area contributed by atoms with Gasteiger partial charge in [0.05, 0.1) is 10.5 Å². The maximum Gasteiger partial charge on any atom is 0.257 e. The average molecular weight is 347 g/mol. The summed E-state index contributed by atoms with van der Waals surface area (Å²) in [6, 6.07) is 8.08. The topological polar surface area (TPSA) is 88.2 Å². The highest BCUT2D eigenvalue weighted by Crippen LogP contribution is 2.24. The molecule has 2 aromatic rings. The number of rotatable bonds is 4. The van der Waals surface area contributed by atoms with Crippen molar-refractivity contribution in [3.05, 3.63) is 53.9 Å². The van der Waals surface area contributed by atoms with Crippen molar-refractivity contribution in [2.45, 2.75) is 38.1 Å². The summed E-state index contributed by atoms with van der Waals surface area (Å²) in [6.07, 6.45) is 3.03. The van der Waals surface area contributed by atoms with Crippen molar-refractivity contribution in [3.8, 4) is 0 Å². The van der Waals surface area contributed by atoms with Crippen LogP contribution in [0.4, 0.5) is 5.69 Å². The summed E-state index contributed by atoms with van der Waals surface area (Å²) in [5.74, 6) is -0.343. The summed E-state index contributed by atoms with van der Waals surface area (Å²) in [6.45, 7) is 6.98. The number of pyridine rings is 1. The number of carbonyl (C=O) groups excluding carboxylic acids is 1.